The normalized spacial score (nSPS) is 17.9. The standard InChI is InChI=1S/C45H44Cl2N4O5.CH2O2/c1-27-28(2)49-18-15-37(27)31-6-3-29(4-7-31)13-17-50-44(52)40-20-34-21-41-42(22-35(34)24-51(40)45(53)33-14-16-48-23-33)56-43(26-55-41)32-8-10-36(11-9-32)54-25-30-5-12-38(46)39(47)19-30;2-1-3/h3-12,15,18-19,21-22,33,40,43,48H,13-14,16-17,20,23-26H2,1-2H3,(H,50,52);1H,(H,2,3). The van der Waals surface area contributed by atoms with E-state index in [1.807, 2.05) is 61.7 Å². The summed E-state index contributed by atoms with van der Waals surface area (Å²) in [5.74, 6) is 1.68. The number of pyridine rings is 1. The molecule has 1 fully saturated rings. The highest BCUT2D eigenvalue weighted by Crippen LogP contribution is 2.41. The van der Waals surface area contributed by atoms with Gasteiger partial charge in [0.1, 0.15) is 25.0 Å². The van der Waals surface area contributed by atoms with Crippen molar-refractivity contribution in [2.75, 3.05) is 26.2 Å². The smallest absolute Gasteiger partial charge is 0.290 e. The maximum absolute atomic E-state index is 13.9. The first-order valence-corrected chi connectivity index (χ1v) is 20.4. The molecular weight excluding hydrogens is 791 g/mol. The number of benzene rings is 4. The lowest BCUT2D eigenvalue weighted by Crippen LogP contribution is -2.54. The first-order valence-electron chi connectivity index (χ1n) is 19.6. The Morgan fingerprint density at radius 2 is 1.71 bits per heavy atom. The number of nitrogens with one attached hydrogen (secondary N) is 2. The molecule has 4 heterocycles. The first-order chi connectivity index (χ1) is 28.6. The molecule has 0 bridgehead atoms. The second-order valence-corrected chi connectivity index (χ2v) is 15.7. The van der Waals surface area contributed by atoms with Gasteiger partial charge in [0.25, 0.3) is 6.47 Å². The number of fused-ring (bicyclic) bond motifs is 2. The van der Waals surface area contributed by atoms with Gasteiger partial charge in [-0.05, 0) is 120 Å². The summed E-state index contributed by atoms with van der Waals surface area (Å²) in [5, 5.41) is 14.3. The number of hydrogen-bond acceptors (Lipinski definition) is 8. The molecule has 3 atom stereocenters. The number of aryl methyl sites for hydroxylation is 1. The number of ether oxygens (including phenoxy) is 3. The molecule has 1 saturated heterocycles. The molecule has 3 aliphatic heterocycles. The van der Waals surface area contributed by atoms with Crippen molar-refractivity contribution in [2.24, 2.45) is 5.92 Å². The van der Waals surface area contributed by atoms with Gasteiger partial charge in [0.05, 0.1) is 16.0 Å². The summed E-state index contributed by atoms with van der Waals surface area (Å²) in [6.07, 6.45) is 3.35. The topological polar surface area (TPSA) is 139 Å². The van der Waals surface area contributed by atoms with E-state index in [-0.39, 0.29) is 30.3 Å². The molecule has 3 unspecified atom stereocenters. The lowest BCUT2D eigenvalue weighted by molar-refractivity contribution is -0.144. The van der Waals surface area contributed by atoms with E-state index in [0.717, 1.165) is 52.0 Å². The maximum atomic E-state index is 13.9. The molecule has 0 radical (unpaired) electrons. The quantitative estimate of drug-likeness (QED) is 0.121. The summed E-state index contributed by atoms with van der Waals surface area (Å²) in [4.78, 5) is 42.4. The molecule has 59 heavy (non-hydrogen) atoms. The van der Waals surface area contributed by atoms with Crippen LogP contribution in [0.15, 0.2) is 91.1 Å². The highest BCUT2D eigenvalue weighted by Gasteiger charge is 2.39. The van der Waals surface area contributed by atoms with E-state index in [4.69, 9.17) is 47.3 Å². The van der Waals surface area contributed by atoms with Gasteiger partial charge in [0.2, 0.25) is 11.8 Å². The molecule has 2 amide bonds. The zero-order chi connectivity index (χ0) is 41.5. The highest BCUT2D eigenvalue weighted by atomic mass is 35.5. The largest absolute Gasteiger partial charge is 0.489 e. The fraction of sp³-hybridized carbons (Fsp3) is 0.304. The van der Waals surface area contributed by atoms with Crippen LogP contribution in [0, 0.1) is 19.8 Å². The lowest BCUT2D eigenvalue weighted by Gasteiger charge is -2.38. The molecule has 5 aromatic rings. The predicted molar refractivity (Wildman–Crippen MR) is 226 cm³/mol. The second-order valence-electron chi connectivity index (χ2n) is 14.9. The predicted octanol–water partition coefficient (Wildman–Crippen LogP) is 7.69. The Kier molecular flexibility index (Phi) is 13.4. The first kappa shape index (κ1) is 41.5. The van der Waals surface area contributed by atoms with E-state index in [1.54, 1.807) is 17.0 Å². The zero-order valence-corrected chi connectivity index (χ0v) is 34.4. The van der Waals surface area contributed by atoms with Crippen LogP contribution in [0.5, 0.6) is 17.2 Å². The van der Waals surface area contributed by atoms with Gasteiger partial charge in [-0.2, -0.15) is 0 Å². The summed E-state index contributed by atoms with van der Waals surface area (Å²) in [7, 11) is 0. The number of halogens is 2. The SMILES string of the molecule is Cc1nccc(-c2ccc(CCNC(=O)C3Cc4cc5c(cc4CN3C(=O)C3CCNC3)OC(c3ccc(OCc4ccc(Cl)c(Cl)c4)cc3)CO5)cc2)c1C.O=CO. The maximum Gasteiger partial charge on any atom is 0.290 e. The Labute approximate surface area is 353 Å². The van der Waals surface area contributed by atoms with Gasteiger partial charge in [-0.25, -0.2) is 0 Å². The summed E-state index contributed by atoms with van der Waals surface area (Å²) in [6.45, 7) is 6.76. The van der Waals surface area contributed by atoms with Crippen molar-refractivity contribution in [3.8, 4) is 28.4 Å². The number of nitrogens with zero attached hydrogens (tertiary/aromatic N) is 2. The fourth-order valence-corrected chi connectivity index (χ4v) is 8.03. The van der Waals surface area contributed by atoms with Crippen LogP contribution >= 0.6 is 23.2 Å². The fourth-order valence-electron chi connectivity index (χ4n) is 7.71. The van der Waals surface area contributed by atoms with Crippen LogP contribution in [0.1, 0.15) is 51.6 Å². The minimum Gasteiger partial charge on any atom is -0.489 e. The molecule has 3 N–H and O–H groups in total. The molecule has 306 valence electrons. The summed E-state index contributed by atoms with van der Waals surface area (Å²) >= 11 is 12.2. The van der Waals surface area contributed by atoms with E-state index in [2.05, 4.69) is 46.8 Å². The van der Waals surface area contributed by atoms with Crippen LogP contribution < -0.4 is 24.8 Å². The molecule has 8 rings (SSSR count). The van der Waals surface area contributed by atoms with Crippen molar-refractivity contribution in [2.45, 2.75) is 58.4 Å². The van der Waals surface area contributed by atoms with Crippen LogP contribution in [0.4, 0.5) is 0 Å². The molecule has 3 aliphatic rings. The van der Waals surface area contributed by atoms with E-state index in [9.17, 15) is 9.59 Å². The summed E-state index contributed by atoms with van der Waals surface area (Å²) < 4.78 is 18.7. The molecule has 0 saturated carbocycles. The third kappa shape index (κ3) is 9.82. The number of carbonyl (C=O) groups is 3. The molecule has 0 aliphatic carbocycles. The Hall–Kier alpha value is -5.62. The third-order valence-corrected chi connectivity index (χ3v) is 11.9. The van der Waals surface area contributed by atoms with Gasteiger partial charge >= 0.3 is 0 Å². The van der Waals surface area contributed by atoms with Crippen LogP contribution in [0.25, 0.3) is 11.1 Å². The van der Waals surface area contributed by atoms with Gasteiger partial charge in [-0.1, -0.05) is 65.7 Å². The van der Waals surface area contributed by atoms with Gasteiger partial charge in [-0.15, -0.1) is 0 Å². The van der Waals surface area contributed by atoms with Crippen LogP contribution in [-0.2, 0) is 40.4 Å². The number of aromatic nitrogens is 1. The number of amides is 2. The minimum atomic E-state index is -0.622. The van der Waals surface area contributed by atoms with Gasteiger partial charge < -0.3 is 34.9 Å². The second kappa shape index (κ2) is 19.0. The molecule has 11 nitrogen and oxygen atoms in total. The number of carbonyl (C=O) groups excluding carboxylic acids is 2. The van der Waals surface area contributed by atoms with E-state index in [1.165, 1.54) is 11.1 Å². The molecule has 0 spiro atoms. The van der Waals surface area contributed by atoms with Crippen LogP contribution in [0.3, 0.4) is 0 Å². The molecular formula is C46H46Cl2N4O7. The monoisotopic (exact) mass is 836 g/mol. The Morgan fingerprint density at radius 3 is 2.44 bits per heavy atom. The number of rotatable bonds is 10. The van der Waals surface area contributed by atoms with E-state index >= 15 is 0 Å². The minimum absolute atomic E-state index is 0.00673. The lowest BCUT2D eigenvalue weighted by atomic mass is 9.91. The third-order valence-electron chi connectivity index (χ3n) is 11.1. The van der Waals surface area contributed by atoms with E-state index in [0.29, 0.717) is 73.0 Å². The highest BCUT2D eigenvalue weighted by molar-refractivity contribution is 6.42. The van der Waals surface area contributed by atoms with Gasteiger partial charge in [-0.3, -0.25) is 19.4 Å². The van der Waals surface area contributed by atoms with Crippen molar-refractivity contribution in [3.05, 3.63) is 140 Å². The van der Waals surface area contributed by atoms with Crippen LogP contribution in [-0.4, -0.2) is 65.6 Å². The van der Waals surface area contributed by atoms with Crippen molar-refractivity contribution in [1.82, 2.24) is 20.5 Å². The average molecular weight is 838 g/mol. The zero-order valence-electron chi connectivity index (χ0n) is 32.9. The Bertz CT molecular complexity index is 2300. The number of carboxylic acid groups (broad SMARTS) is 1. The van der Waals surface area contributed by atoms with Crippen molar-refractivity contribution < 1.29 is 33.7 Å². The number of hydrogen-bond donors (Lipinski definition) is 3. The Balaban J connectivity index is 0.00000171. The van der Waals surface area contributed by atoms with Crippen molar-refractivity contribution in [3.63, 3.8) is 0 Å². The average Bonchev–Trinajstić information content (AvgIpc) is 3.80. The molecule has 13 heteroatoms. The Morgan fingerprint density at radius 1 is 0.966 bits per heavy atom. The van der Waals surface area contributed by atoms with Gasteiger partial charge in [0.15, 0.2) is 17.6 Å². The van der Waals surface area contributed by atoms with Crippen molar-refractivity contribution in [1.29, 1.82) is 0 Å². The summed E-state index contributed by atoms with van der Waals surface area (Å²) in [6, 6.07) is 27.0. The molecule has 4 aromatic carbocycles. The van der Waals surface area contributed by atoms with Gasteiger partial charge in [0, 0.05) is 37.9 Å². The molecule has 1 aromatic heterocycles. The van der Waals surface area contributed by atoms with E-state index < -0.39 is 6.04 Å². The summed E-state index contributed by atoms with van der Waals surface area (Å²) in [5.41, 5.74) is 9.45. The van der Waals surface area contributed by atoms with Crippen molar-refractivity contribution >= 4 is 41.5 Å². The van der Waals surface area contributed by atoms with Crippen LogP contribution in [0.2, 0.25) is 10.0 Å².